The van der Waals surface area contributed by atoms with Gasteiger partial charge in [-0.05, 0) is 70.0 Å². The van der Waals surface area contributed by atoms with Crippen LogP contribution in [-0.4, -0.2) is 91.0 Å². The predicted octanol–water partition coefficient (Wildman–Crippen LogP) is 5.76. The average molecular weight is 769 g/mol. The Kier molecular flexibility index (Phi) is 8.97. The molecular formula is C41H36N8O8. The molecular weight excluding hydrogens is 732 g/mol. The predicted molar refractivity (Wildman–Crippen MR) is 212 cm³/mol. The highest BCUT2D eigenvalue weighted by Gasteiger charge is 2.39. The van der Waals surface area contributed by atoms with Crippen LogP contribution in [0.25, 0.3) is 43.4 Å². The molecule has 57 heavy (non-hydrogen) atoms. The fourth-order valence-corrected chi connectivity index (χ4v) is 8.04. The summed E-state index contributed by atoms with van der Waals surface area (Å²) in [6.45, 7) is 9.79. The number of aryl methyl sites for hydroxylation is 2. The van der Waals surface area contributed by atoms with E-state index in [0.29, 0.717) is 49.9 Å². The Balaban J connectivity index is 0.964. The third-order valence-electron chi connectivity index (χ3n) is 10.8. The van der Waals surface area contributed by atoms with Gasteiger partial charge < -0.3 is 10.6 Å². The lowest BCUT2D eigenvalue weighted by atomic mass is 9.90. The minimum Gasteiger partial charge on any atom is -0.313 e. The van der Waals surface area contributed by atoms with Crippen molar-refractivity contribution >= 4 is 78.4 Å². The molecule has 2 aliphatic rings. The summed E-state index contributed by atoms with van der Waals surface area (Å²) in [7, 11) is 0. The smallest absolute Gasteiger partial charge is 0.270 e. The first kappa shape index (κ1) is 37.2. The van der Waals surface area contributed by atoms with Crippen molar-refractivity contribution in [3.63, 3.8) is 0 Å². The average Bonchev–Trinajstić information content (AvgIpc) is 3.17. The summed E-state index contributed by atoms with van der Waals surface area (Å²) in [5.41, 5.74) is 2.70. The molecule has 0 saturated carbocycles. The number of nitrogens with one attached hydrogen (secondary N) is 2. The Labute approximate surface area is 324 Å². The van der Waals surface area contributed by atoms with Crippen molar-refractivity contribution in [1.29, 1.82) is 0 Å². The number of nitro groups is 2. The number of amides is 4. The third-order valence-corrected chi connectivity index (χ3v) is 10.8. The van der Waals surface area contributed by atoms with Crippen molar-refractivity contribution in [2.75, 3.05) is 19.6 Å². The van der Waals surface area contributed by atoms with Gasteiger partial charge in [0.2, 0.25) is 0 Å². The summed E-state index contributed by atoms with van der Waals surface area (Å²) in [5, 5.41) is 33.1. The van der Waals surface area contributed by atoms with E-state index in [1.807, 2.05) is 32.9 Å². The number of nitrogens with zero attached hydrogens (tertiary/aromatic N) is 6. The normalized spacial score (nSPS) is 15.6. The number of non-ortho nitro benzene ring substituents is 2. The number of hydrogen-bond acceptors (Lipinski definition) is 12. The molecule has 288 valence electrons. The molecule has 2 aliphatic heterocycles. The van der Waals surface area contributed by atoms with Crippen LogP contribution in [0.5, 0.6) is 0 Å². The maximum atomic E-state index is 14.0. The van der Waals surface area contributed by atoms with Crippen molar-refractivity contribution in [3.8, 4) is 0 Å². The lowest BCUT2D eigenvalue weighted by Gasteiger charge is -2.33. The largest absolute Gasteiger partial charge is 0.313 e. The standard InChI is InChI=1S/C41H36N8O8/c1-19-6-24-8-30-34-28(36(24)44-14-19)10-26(48(54)55)12-32(34)40(52)46(38(30)50)22(4)17-42-16-21(3)43-18-23(5)47-39(51)31-9-25-7-20(2)15-45-37(25)29-11-27(49(56)57)13-33(35(29)31)41(47)53/h6-15,21-23,42-43H,16-18H2,1-5H3/t21-,22+,23+/m0/s1. The molecule has 3 atom stereocenters. The zero-order chi connectivity index (χ0) is 40.6. The number of aromatic nitrogens is 2. The van der Waals surface area contributed by atoms with Crippen LogP contribution in [0.15, 0.2) is 60.9 Å². The van der Waals surface area contributed by atoms with Crippen LogP contribution in [0.1, 0.15) is 73.3 Å². The number of nitro benzene ring substituents is 2. The fourth-order valence-electron chi connectivity index (χ4n) is 8.04. The Morgan fingerprint density at radius 2 is 1.00 bits per heavy atom. The second-order valence-electron chi connectivity index (χ2n) is 15.0. The zero-order valence-corrected chi connectivity index (χ0v) is 31.6. The minimum atomic E-state index is -0.648. The highest BCUT2D eigenvalue weighted by atomic mass is 16.6. The monoisotopic (exact) mass is 768 g/mol. The molecule has 4 heterocycles. The van der Waals surface area contributed by atoms with Crippen molar-refractivity contribution in [2.45, 2.75) is 52.7 Å². The van der Waals surface area contributed by atoms with Gasteiger partial charge >= 0.3 is 0 Å². The molecule has 0 radical (unpaired) electrons. The van der Waals surface area contributed by atoms with Gasteiger partial charge in [0.15, 0.2) is 0 Å². The first-order valence-electron chi connectivity index (χ1n) is 18.4. The highest BCUT2D eigenvalue weighted by Crippen LogP contribution is 2.40. The van der Waals surface area contributed by atoms with Crippen LogP contribution in [0.3, 0.4) is 0 Å². The van der Waals surface area contributed by atoms with E-state index in [9.17, 15) is 39.4 Å². The molecule has 0 bridgehead atoms. The van der Waals surface area contributed by atoms with E-state index in [4.69, 9.17) is 0 Å². The molecule has 4 amide bonds. The molecule has 2 aromatic heterocycles. The lowest BCUT2D eigenvalue weighted by molar-refractivity contribution is -0.384. The maximum Gasteiger partial charge on any atom is 0.270 e. The van der Waals surface area contributed by atoms with E-state index < -0.39 is 45.6 Å². The summed E-state index contributed by atoms with van der Waals surface area (Å²) in [4.78, 5) is 89.6. The summed E-state index contributed by atoms with van der Waals surface area (Å²) in [6, 6.07) is 10.7. The number of hydrogen-bond donors (Lipinski definition) is 2. The van der Waals surface area contributed by atoms with Gasteiger partial charge in [-0.1, -0.05) is 0 Å². The molecule has 16 nitrogen and oxygen atoms in total. The molecule has 8 rings (SSSR count). The van der Waals surface area contributed by atoms with Crippen LogP contribution in [0, 0.1) is 34.1 Å². The van der Waals surface area contributed by atoms with Crippen molar-refractivity contribution in [1.82, 2.24) is 30.4 Å². The summed E-state index contributed by atoms with van der Waals surface area (Å²) in [6.07, 6.45) is 3.27. The van der Waals surface area contributed by atoms with E-state index in [1.54, 1.807) is 38.4 Å². The Bertz CT molecular complexity index is 2820. The number of carbonyl (C=O) groups is 4. The third kappa shape index (κ3) is 6.09. The number of benzene rings is 4. The second kappa shape index (κ2) is 13.8. The topological polar surface area (TPSA) is 211 Å². The van der Waals surface area contributed by atoms with Gasteiger partial charge in [0, 0.05) is 118 Å². The summed E-state index contributed by atoms with van der Waals surface area (Å²) >= 11 is 0. The summed E-state index contributed by atoms with van der Waals surface area (Å²) in [5.74, 6) is -2.30. The molecule has 6 aromatic rings. The van der Waals surface area contributed by atoms with Gasteiger partial charge in [0.1, 0.15) is 0 Å². The van der Waals surface area contributed by atoms with Crippen LogP contribution in [0.2, 0.25) is 0 Å². The lowest BCUT2D eigenvalue weighted by Crippen LogP contribution is -2.52. The molecule has 0 fully saturated rings. The van der Waals surface area contributed by atoms with Gasteiger partial charge in [-0.2, -0.15) is 0 Å². The maximum absolute atomic E-state index is 14.0. The minimum absolute atomic E-state index is 0.0591. The fraction of sp³-hybridized carbons (Fsp3) is 0.268. The molecule has 0 aliphatic carbocycles. The Hall–Kier alpha value is -6.78. The molecule has 16 heteroatoms. The zero-order valence-electron chi connectivity index (χ0n) is 31.6. The van der Waals surface area contributed by atoms with Crippen molar-refractivity contribution in [3.05, 3.63) is 115 Å². The van der Waals surface area contributed by atoms with E-state index in [2.05, 4.69) is 20.6 Å². The van der Waals surface area contributed by atoms with Gasteiger partial charge in [-0.3, -0.25) is 59.2 Å². The van der Waals surface area contributed by atoms with E-state index >= 15 is 0 Å². The van der Waals surface area contributed by atoms with Gasteiger partial charge in [0.25, 0.3) is 35.0 Å². The number of imide groups is 2. The van der Waals surface area contributed by atoms with Gasteiger partial charge in [-0.25, -0.2) is 0 Å². The number of fused-ring (bicyclic) bond motifs is 4. The highest BCUT2D eigenvalue weighted by molar-refractivity contribution is 6.30. The van der Waals surface area contributed by atoms with Crippen molar-refractivity contribution < 1.29 is 29.0 Å². The summed E-state index contributed by atoms with van der Waals surface area (Å²) < 4.78 is 0. The van der Waals surface area contributed by atoms with Gasteiger partial charge in [0.05, 0.1) is 32.0 Å². The first-order valence-corrected chi connectivity index (χ1v) is 18.4. The SMILES string of the molecule is Cc1cnc2c(c1)cc1c3c(cc([N+](=O)[O-])cc32)C(=O)N([C@H](C)CNC[C@H](C)NC[C@@H](C)N2C(=O)c3cc([N+](=O)[O-])cc4c3c(cc3cc(C)cnc34)C2=O)C1=O. The quantitative estimate of drug-likeness (QED) is 0.0698. The van der Waals surface area contributed by atoms with E-state index in [0.717, 1.165) is 20.9 Å². The van der Waals surface area contributed by atoms with Crippen LogP contribution in [-0.2, 0) is 0 Å². The van der Waals surface area contributed by atoms with Crippen LogP contribution in [0.4, 0.5) is 11.4 Å². The Morgan fingerprint density at radius 1 is 0.596 bits per heavy atom. The second-order valence-corrected chi connectivity index (χ2v) is 15.0. The van der Waals surface area contributed by atoms with E-state index in [1.165, 1.54) is 24.3 Å². The van der Waals surface area contributed by atoms with Crippen molar-refractivity contribution in [2.24, 2.45) is 0 Å². The molecule has 2 N–H and O–H groups in total. The number of rotatable bonds is 11. The molecule has 0 saturated heterocycles. The van der Waals surface area contributed by atoms with E-state index in [-0.39, 0.29) is 52.8 Å². The number of carbonyl (C=O) groups excluding carboxylic acids is 4. The van der Waals surface area contributed by atoms with Crippen LogP contribution < -0.4 is 10.6 Å². The van der Waals surface area contributed by atoms with Crippen LogP contribution >= 0.6 is 0 Å². The van der Waals surface area contributed by atoms with Gasteiger partial charge in [-0.15, -0.1) is 0 Å². The Morgan fingerprint density at radius 3 is 1.42 bits per heavy atom. The molecule has 0 unspecified atom stereocenters. The molecule has 0 spiro atoms. The number of pyridine rings is 2. The molecule has 4 aromatic carbocycles. The first-order chi connectivity index (χ1) is 27.1.